The van der Waals surface area contributed by atoms with Gasteiger partial charge in [0.05, 0.1) is 0 Å². The van der Waals surface area contributed by atoms with E-state index in [1.807, 2.05) is 0 Å². The number of halogens is 3. The summed E-state index contributed by atoms with van der Waals surface area (Å²) in [6.07, 6.45) is -0.772. The molecule has 3 nitrogen and oxygen atoms in total. The molecule has 0 amide bonds. The fourth-order valence-electron chi connectivity index (χ4n) is 1.53. The molecule has 0 atom stereocenters. The van der Waals surface area contributed by atoms with Crippen LogP contribution < -0.4 is 5.32 Å². The Morgan fingerprint density at radius 3 is 2.69 bits per heavy atom. The van der Waals surface area contributed by atoms with Gasteiger partial charge in [0.1, 0.15) is 0 Å². The summed E-state index contributed by atoms with van der Waals surface area (Å²) in [5, 5.41) is 6.62. The zero-order valence-corrected chi connectivity index (χ0v) is 9.01. The van der Waals surface area contributed by atoms with Crippen LogP contribution in [0.25, 0.3) is 0 Å². The molecule has 0 aromatic carbocycles. The molecular formula is C10H14F3N3. The van der Waals surface area contributed by atoms with Crippen LogP contribution in [-0.4, -0.2) is 15.8 Å². The van der Waals surface area contributed by atoms with Gasteiger partial charge in [-0.25, -0.2) is 0 Å². The van der Waals surface area contributed by atoms with Crippen LogP contribution in [0, 0.1) is 0 Å². The number of aromatic nitrogens is 2. The number of nitrogens with zero attached hydrogens (tertiary/aromatic N) is 2. The maximum absolute atomic E-state index is 12.6. The van der Waals surface area contributed by atoms with Crippen molar-refractivity contribution in [2.24, 2.45) is 0 Å². The molecule has 6 heteroatoms. The zero-order chi connectivity index (χ0) is 11.8. The minimum absolute atomic E-state index is 0.237. The summed E-state index contributed by atoms with van der Waals surface area (Å²) >= 11 is 0. The second kappa shape index (κ2) is 4.08. The van der Waals surface area contributed by atoms with Crippen molar-refractivity contribution in [3.63, 3.8) is 0 Å². The predicted molar refractivity (Wildman–Crippen MR) is 52.8 cm³/mol. The Balaban J connectivity index is 2.15. The summed E-state index contributed by atoms with van der Waals surface area (Å²) in [5.41, 5.74) is -0.524. The molecule has 90 valence electrons. The van der Waals surface area contributed by atoms with Crippen molar-refractivity contribution >= 4 is 0 Å². The van der Waals surface area contributed by atoms with E-state index >= 15 is 0 Å². The number of aryl methyl sites for hydroxylation is 1. The molecule has 0 saturated heterocycles. The van der Waals surface area contributed by atoms with Gasteiger partial charge >= 0.3 is 6.18 Å². The first-order valence-corrected chi connectivity index (χ1v) is 5.37. The van der Waals surface area contributed by atoms with Crippen molar-refractivity contribution in [3.05, 3.63) is 17.5 Å². The number of hydrogen-bond donors (Lipinski definition) is 1. The van der Waals surface area contributed by atoms with Gasteiger partial charge in [0, 0.05) is 30.9 Å². The van der Waals surface area contributed by atoms with Gasteiger partial charge in [-0.15, -0.1) is 0 Å². The monoisotopic (exact) mass is 233 g/mol. The molecular weight excluding hydrogens is 219 g/mol. The number of alkyl halides is 3. The molecule has 0 radical (unpaired) electrons. The lowest BCUT2D eigenvalue weighted by molar-refractivity contribution is -0.142. The summed E-state index contributed by atoms with van der Waals surface area (Å²) in [6.45, 7) is 2.47. The molecule has 1 aromatic rings. The molecule has 1 heterocycles. The van der Waals surface area contributed by atoms with Gasteiger partial charge in [0.2, 0.25) is 0 Å². The first-order chi connectivity index (χ1) is 7.50. The van der Waals surface area contributed by atoms with E-state index in [9.17, 15) is 13.2 Å². The quantitative estimate of drug-likeness (QED) is 0.863. The van der Waals surface area contributed by atoms with Crippen LogP contribution in [0.4, 0.5) is 13.2 Å². The van der Waals surface area contributed by atoms with Gasteiger partial charge in [-0.3, -0.25) is 4.68 Å². The highest BCUT2D eigenvalue weighted by molar-refractivity contribution is 5.20. The highest BCUT2D eigenvalue weighted by atomic mass is 19.4. The van der Waals surface area contributed by atoms with Crippen LogP contribution >= 0.6 is 0 Å². The maximum atomic E-state index is 12.6. The second-order valence-corrected chi connectivity index (χ2v) is 4.01. The number of nitrogens with one attached hydrogen (secondary N) is 1. The summed E-state index contributed by atoms with van der Waals surface area (Å²) in [6, 6.07) is 0.395. The van der Waals surface area contributed by atoms with Crippen molar-refractivity contribution in [2.45, 2.75) is 45.1 Å². The molecule has 16 heavy (non-hydrogen) atoms. The second-order valence-electron chi connectivity index (χ2n) is 4.01. The highest BCUT2D eigenvalue weighted by Crippen LogP contribution is 2.31. The van der Waals surface area contributed by atoms with Gasteiger partial charge in [0.25, 0.3) is 0 Å². The van der Waals surface area contributed by atoms with Crippen molar-refractivity contribution in [1.82, 2.24) is 15.1 Å². The van der Waals surface area contributed by atoms with E-state index in [-0.39, 0.29) is 12.1 Å². The van der Waals surface area contributed by atoms with Gasteiger partial charge < -0.3 is 5.32 Å². The third-order valence-corrected chi connectivity index (χ3v) is 2.59. The zero-order valence-electron chi connectivity index (χ0n) is 9.01. The molecule has 1 aliphatic carbocycles. The summed E-state index contributed by atoms with van der Waals surface area (Å²) in [5.74, 6) is 0. The average molecular weight is 233 g/mol. The van der Waals surface area contributed by atoms with E-state index in [1.165, 1.54) is 10.9 Å². The van der Waals surface area contributed by atoms with Gasteiger partial charge in [-0.2, -0.15) is 18.3 Å². The minimum Gasteiger partial charge on any atom is -0.310 e. The first kappa shape index (κ1) is 11.4. The van der Waals surface area contributed by atoms with E-state index in [0.717, 1.165) is 12.8 Å². The van der Waals surface area contributed by atoms with Crippen LogP contribution in [0.5, 0.6) is 0 Å². The average Bonchev–Trinajstić information content (AvgIpc) is 2.92. The topological polar surface area (TPSA) is 29.9 Å². The summed E-state index contributed by atoms with van der Waals surface area (Å²) < 4.78 is 39.2. The molecule has 2 rings (SSSR count). The first-order valence-electron chi connectivity index (χ1n) is 5.37. The van der Waals surface area contributed by atoms with Crippen LogP contribution in [0.3, 0.4) is 0 Å². The Kier molecular flexibility index (Phi) is 2.92. The number of hydrogen-bond acceptors (Lipinski definition) is 2. The summed E-state index contributed by atoms with van der Waals surface area (Å²) in [7, 11) is 0. The molecule has 0 aliphatic heterocycles. The molecule has 0 bridgehead atoms. The van der Waals surface area contributed by atoms with E-state index < -0.39 is 11.9 Å². The highest BCUT2D eigenvalue weighted by Gasteiger charge is 2.37. The molecule has 0 unspecified atom stereocenters. The Bertz CT molecular complexity index is 366. The Labute approximate surface area is 91.6 Å². The molecule has 1 aliphatic rings. The van der Waals surface area contributed by atoms with E-state index in [0.29, 0.717) is 12.6 Å². The van der Waals surface area contributed by atoms with E-state index in [1.54, 1.807) is 6.92 Å². The Morgan fingerprint density at radius 1 is 1.50 bits per heavy atom. The minimum atomic E-state index is -4.36. The van der Waals surface area contributed by atoms with Crippen LogP contribution in [0.1, 0.15) is 31.0 Å². The van der Waals surface area contributed by atoms with Crippen molar-refractivity contribution in [1.29, 1.82) is 0 Å². The normalized spacial score (nSPS) is 16.8. The van der Waals surface area contributed by atoms with Crippen LogP contribution in [-0.2, 0) is 19.3 Å². The predicted octanol–water partition coefficient (Wildman–Crippen LogP) is 2.17. The third kappa shape index (κ3) is 2.55. The van der Waals surface area contributed by atoms with Gasteiger partial charge in [-0.05, 0) is 19.8 Å². The lowest BCUT2D eigenvalue weighted by Gasteiger charge is -2.06. The third-order valence-electron chi connectivity index (χ3n) is 2.59. The molecule has 1 fully saturated rings. The maximum Gasteiger partial charge on any atom is 0.435 e. The molecule has 0 spiro atoms. The molecule has 1 saturated carbocycles. The Hall–Kier alpha value is -1.04. The van der Waals surface area contributed by atoms with E-state index in [4.69, 9.17) is 0 Å². The van der Waals surface area contributed by atoms with Gasteiger partial charge in [-0.1, -0.05) is 0 Å². The fraction of sp³-hybridized carbons (Fsp3) is 0.700. The van der Waals surface area contributed by atoms with Crippen molar-refractivity contribution in [3.8, 4) is 0 Å². The largest absolute Gasteiger partial charge is 0.435 e. The fourth-order valence-corrected chi connectivity index (χ4v) is 1.53. The SMILES string of the molecule is CCn1cc(CNC2CC2)c(C(F)(F)F)n1. The lowest BCUT2D eigenvalue weighted by atomic mass is 10.2. The van der Waals surface area contributed by atoms with Crippen molar-refractivity contribution < 1.29 is 13.2 Å². The van der Waals surface area contributed by atoms with Crippen LogP contribution in [0.15, 0.2) is 6.20 Å². The molecule has 1 N–H and O–H groups in total. The van der Waals surface area contributed by atoms with Crippen LogP contribution in [0.2, 0.25) is 0 Å². The Morgan fingerprint density at radius 2 is 2.19 bits per heavy atom. The standard InChI is InChI=1S/C10H14F3N3/c1-2-16-6-7(5-14-8-3-4-8)9(15-16)10(11,12)13/h6,8,14H,2-5H2,1H3. The number of rotatable bonds is 4. The van der Waals surface area contributed by atoms with Crippen molar-refractivity contribution in [2.75, 3.05) is 0 Å². The molecule has 1 aromatic heterocycles. The lowest BCUT2D eigenvalue weighted by Crippen LogP contribution is -2.18. The van der Waals surface area contributed by atoms with Gasteiger partial charge in [0.15, 0.2) is 5.69 Å². The summed E-state index contributed by atoms with van der Waals surface area (Å²) in [4.78, 5) is 0. The van der Waals surface area contributed by atoms with E-state index in [2.05, 4.69) is 10.4 Å². The smallest absolute Gasteiger partial charge is 0.310 e.